The lowest BCUT2D eigenvalue weighted by molar-refractivity contribution is -0.152. The van der Waals surface area contributed by atoms with E-state index in [4.69, 9.17) is 4.74 Å². The summed E-state index contributed by atoms with van der Waals surface area (Å²) in [5.41, 5.74) is 1.80. The normalized spacial score (nSPS) is 11.8. The summed E-state index contributed by atoms with van der Waals surface area (Å²) in [5, 5.41) is 11.6. The van der Waals surface area contributed by atoms with E-state index in [1.807, 2.05) is 72.8 Å². The minimum atomic E-state index is -0.991. The zero-order chi connectivity index (χ0) is 18.4. The number of fused-ring (bicyclic) bond motifs is 1. The van der Waals surface area contributed by atoms with Crippen molar-refractivity contribution in [3.8, 4) is 0 Å². The van der Waals surface area contributed by atoms with Gasteiger partial charge in [-0.15, -0.1) is 0 Å². The summed E-state index contributed by atoms with van der Waals surface area (Å²) in [6.07, 6.45) is 0.141. The van der Waals surface area contributed by atoms with Crippen molar-refractivity contribution in [1.82, 2.24) is 0 Å². The van der Waals surface area contributed by atoms with Crippen LogP contribution in [0.25, 0.3) is 10.8 Å². The Morgan fingerprint density at radius 1 is 0.885 bits per heavy atom. The molecule has 3 aromatic carbocycles. The summed E-state index contributed by atoms with van der Waals surface area (Å²) >= 11 is 0. The van der Waals surface area contributed by atoms with Crippen LogP contribution in [0.1, 0.15) is 17.5 Å². The maximum Gasteiger partial charge on any atom is 0.307 e. The molecule has 0 amide bonds. The summed E-state index contributed by atoms with van der Waals surface area (Å²) in [5.74, 6) is -2.31. The zero-order valence-corrected chi connectivity index (χ0v) is 14.3. The van der Waals surface area contributed by atoms with Crippen LogP contribution in [0.4, 0.5) is 0 Å². The highest BCUT2D eigenvalue weighted by Gasteiger charge is 2.23. The molecule has 3 rings (SSSR count). The number of carbonyl (C=O) groups excluding carboxylic acids is 1. The van der Waals surface area contributed by atoms with Crippen molar-refractivity contribution >= 4 is 22.7 Å². The average Bonchev–Trinajstić information content (AvgIpc) is 2.67. The SMILES string of the molecule is O=C(C[C@H](Cc1cccc2ccccc12)C(=O)O)OCc1ccccc1. The van der Waals surface area contributed by atoms with Crippen LogP contribution in [0.5, 0.6) is 0 Å². The third kappa shape index (κ3) is 4.48. The van der Waals surface area contributed by atoms with Crippen LogP contribution in [0.15, 0.2) is 72.8 Å². The predicted molar refractivity (Wildman–Crippen MR) is 99.6 cm³/mol. The zero-order valence-electron chi connectivity index (χ0n) is 14.3. The van der Waals surface area contributed by atoms with E-state index in [2.05, 4.69) is 0 Å². The van der Waals surface area contributed by atoms with E-state index in [0.717, 1.165) is 21.9 Å². The van der Waals surface area contributed by atoms with Crippen molar-refractivity contribution in [2.75, 3.05) is 0 Å². The Kier molecular flexibility index (Phi) is 5.64. The third-order valence-electron chi connectivity index (χ3n) is 4.35. The molecule has 0 saturated carbocycles. The van der Waals surface area contributed by atoms with Gasteiger partial charge < -0.3 is 9.84 Å². The first kappa shape index (κ1) is 17.7. The van der Waals surface area contributed by atoms with Crippen LogP contribution in [0.2, 0.25) is 0 Å². The minimum Gasteiger partial charge on any atom is -0.481 e. The standard InChI is InChI=1S/C22H20O4/c23-21(26-15-16-7-2-1-3-8-16)14-19(22(24)25)13-18-11-6-10-17-9-4-5-12-20(17)18/h1-12,19H,13-15H2,(H,24,25)/t19-/m0/s1. The molecule has 0 aliphatic heterocycles. The monoisotopic (exact) mass is 348 g/mol. The van der Waals surface area contributed by atoms with Crippen molar-refractivity contribution in [2.24, 2.45) is 5.92 Å². The van der Waals surface area contributed by atoms with Crippen LogP contribution in [0, 0.1) is 5.92 Å². The second kappa shape index (κ2) is 8.30. The van der Waals surface area contributed by atoms with Gasteiger partial charge in [0.15, 0.2) is 0 Å². The minimum absolute atomic E-state index is 0.147. The van der Waals surface area contributed by atoms with Gasteiger partial charge in [-0.3, -0.25) is 9.59 Å². The summed E-state index contributed by atoms with van der Waals surface area (Å²) in [4.78, 5) is 23.7. The van der Waals surface area contributed by atoms with Gasteiger partial charge in [-0.25, -0.2) is 0 Å². The van der Waals surface area contributed by atoms with E-state index in [1.54, 1.807) is 0 Å². The van der Waals surface area contributed by atoms with Gasteiger partial charge in [-0.05, 0) is 28.3 Å². The highest BCUT2D eigenvalue weighted by atomic mass is 16.5. The maximum absolute atomic E-state index is 12.1. The van der Waals surface area contributed by atoms with Gasteiger partial charge in [-0.2, -0.15) is 0 Å². The lowest BCUT2D eigenvalue weighted by Crippen LogP contribution is -2.21. The van der Waals surface area contributed by atoms with E-state index in [9.17, 15) is 14.7 Å². The Balaban J connectivity index is 1.67. The molecule has 0 aliphatic rings. The Bertz CT molecular complexity index is 897. The molecular formula is C22H20O4. The van der Waals surface area contributed by atoms with E-state index in [1.165, 1.54) is 0 Å². The molecular weight excluding hydrogens is 328 g/mol. The van der Waals surface area contributed by atoms with E-state index in [-0.39, 0.29) is 19.4 Å². The first-order chi connectivity index (χ1) is 12.6. The first-order valence-corrected chi connectivity index (χ1v) is 8.52. The predicted octanol–water partition coefficient (Wildman–Crippen LogP) is 4.22. The summed E-state index contributed by atoms with van der Waals surface area (Å²) < 4.78 is 5.23. The van der Waals surface area contributed by atoms with Crippen molar-refractivity contribution in [2.45, 2.75) is 19.4 Å². The largest absolute Gasteiger partial charge is 0.481 e. The second-order valence-corrected chi connectivity index (χ2v) is 6.23. The molecule has 1 atom stereocenters. The number of esters is 1. The molecule has 4 nitrogen and oxygen atoms in total. The smallest absolute Gasteiger partial charge is 0.307 e. The molecule has 1 N–H and O–H groups in total. The molecule has 0 fully saturated rings. The maximum atomic E-state index is 12.1. The fourth-order valence-electron chi connectivity index (χ4n) is 2.98. The molecule has 26 heavy (non-hydrogen) atoms. The number of hydrogen-bond acceptors (Lipinski definition) is 3. The number of aliphatic carboxylic acids is 1. The molecule has 0 aromatic heterocycles. The molecule has 3 aromatic rings. The Hall–Kier alpha value is -3.14. The molecule has 4 heteroatoms. The molecule has 0 heterocycles. The average molecular weight is 348 g/mol. The first-order valence-electron chi connectivity index (χ1n) is 8.52. The van der Waals surface area contributed by atoms with Gasteiger partial charge in [0.05, 0.1) is 12.3 Å². The van der Waals surface area contributed by atoms with Crippen LogP contribution in [-0.4, -0.2) is 17.0 Å². The fourth-order valence-corrected chi connectivity index (χ4v) is 2.98. The number of benzene rings is 3. The fraction of sp³-hybridized carbons (Fsp3) is 0.182. The highest BCUT2D eigenvalue weighted by Crippen LogP contribution is 2.23. The van der Waals surface area contributed by atoms with Crippen LogP contribution >= 0.6 is 0 Å². The number of carboxylic acids is 1. The van der Waals surface area contributed by atoms with E-state index < -0.39 is 17.9 Å². The lowest BCUT2D eigenvalue weighted by Gasteiger charge is -2.14. The van der Waals surface area contributed by atoms with Crippen molar-refractivity contribution in [3.63, 3.8) is 0 Å². The molecule has 132 valence electrons. The quantitative estimate of drug-likeness (QED) is 0.650. The van der Waals surface area contributed by atoms with Crippen LogP contribution < -0.4 is 0 Å². The van der Waals surface area contributed by atoms with Gasteiger partial charge in [0.1, 0.15) is 6.61 Å². The molecule has 0 spiro atoms. The van der Waals surface area contributed by atoms with E-state index >= 15 is 0 Å². The topological polar surface area (TPSA) is 63.6 Å². The molecule has 0 aliphatic carbocycles. The molecule has 0 unspecified atom stereocenters. The highest BCUT2D eigenvalue weighted by molar-refractivity contribution is 5.86. The van der Waals surface area contributed by atoms with E-state index in [0.29, 0.717) is 0 Å². The van der Waals surface area contributed by atoms with Gasteiger partial charge in [0, 0.05) is 0 Å². The number of hydrogen-bond donors (Lipinski definition) is 1. The Morgan fingerprint density at radius 3 is 2.35 bits per heavy atom. The van der Waals surface area contributed by atoms with Crippen molar-refractivity contribution < 1.29 is 19.4 Å². The summed E-state index contributed by atoms with van der Waals surface area (Å²) in [6.45, 7) is 0.153. The number of ether oxygens (including phenoxy) is 1. The molecule has 0 bridgehead atoms. The van der Waals surface area contributed by atoms with Crippen molar-refractivity contribution in [3.05, 3.63) is 83.9 Å². The number of carboxylic acid groups (broad SMARTS) is 1. The van der Waals surface area contributed by atoms with Gasteiger partial charge in [0.2, 0.25) is 0 Å². The Labute approximate surface area is 152 Å². The van der Waals surface area contributed by atoms with Crippen LogP contribution in [0.3, 0.4) is 0 Å². The van der Waals surface area contributed by atoms with Crippen molar-refractivity contribution in [1.29, 1.82) is 0 Å². The molecule has 0 radical (unpaired) electrons. The number of rotatable bonds is 7. The van der Waals surface area contributed by atoms with Gasteiger partial charge >= 0.3 is 11.9 Å². The summed E-state index contributed by atoms with van der Waals surface area (Å²) in [7, 11) is 0. The second-order valence-electron chi connectivity index (χ2n) is 6.23. The van der Waals surface area contributed by atoms with Gasteiger partial charge in [-0.1, -0.05) is 72.8 Å². The lowest BCUT2D eigenvalue weighted by atomic mass is 9.93. The van der Waals surface area contributed by atoms with Crippen LogP contribution in [-0.2, 0) is 27.4 Å². The Morgan fingerprint density at radius 2 is 1.58 bits per heavy atom. The van der Waals surface area contributed by atoms with Gasteiger partial charge in [0.25, 0.3) is 0 Å². The number of carbonyl (C=O) groups is 2. The third-order valence-corrected chi connectivity index (χ3v) is 4.35. The molecule has 0 saturated heterocycles. The summed E-state index contributed by atoms with van der Waals surface area (Å²) in [6, 6.07) is 23.0.